The Hall–Kier alpha value is -3.35. The van der Waals surface area contributed by atoms with Crippen molar-refractivity contribution >= 4 is 18.0 Å². The van der Waals surface area contributed by atoms with E-state index in [1.54, 1.807) is 11.8 Å². The van der Waals surface area contributed by atoms with E-state index < -0.39 is 18.0 Å². The normalized spacial score (nSPS) is 18.2. The predicted molar refractivity (Wildman–Crippen MR) is 124 cm³/mol. The molecule has 1 aliphatic carbocycles. The Labute approximate surface area is 193 Å². The average molecular weight is 451 g/mol. The van der Waals surface area contributed by atoms with Crippen LogP contribution in [0.2, 0.25) is 0 Å². The van der Waals surface area contributed by atoms with Crippen LogP contribution in [0.3, 0.4) is 0 Å². The topological polar surface area (TPSA) is 95.9 Å². The molecule has 2 atom stereocenters. The summed E-state index contributed by atoms with van der Waals surface area (Å²) in [5, 5.41) is 11.8. The van der Waals surface area contributed by atoms with E-state index in [1.807, 2.05) is 24.3 Å². The first kappa shape index (κ1) is 22.8. The Kier molecular flexibility index (Phi) is 6.96. The van der Waals surface area contributed by atoms with Crippen LogP contribution >= 0.6 is 0 Å². The number of carbonyl (C=O) groups is 3. The molecule has 1 fully saturated rings. The van der Waals surface area contributed by atoms with E-state index in [4.69, 9.17) is 9.84 Å². The molecule has 2 aromatic carbocycles. The first-order valence-corrected chi connectivity index (χ1v) is 11.6. The van der Waals surface area contributed by atoms with Crippen molar-refractivity contribution < 1.29 is 24.2 Å². The lowest BCUT2D eigenvalue weighted by molar-refractivity contribution is -0.143. The van der Waals surface area contributed by atoms with Gasteiger partial charge in [-0.25, -0.2) is 4.79 Å². The Morgan fingerprint density at radius 1 is 1.06 bits per heavy atom. The molecule has 0 saturated carbocycles. The van der Waals surface area contributed by atoms with Crippen LogP contribution in [0.1, 0.15) is 49.7 Å². The molecule has 1 aliphatic heterocycles. The zero-order valence-corrected chi connectivity index (χ0v) is 18.8. The molecule has 0 bridgehead atoms. The van der Waals surface area contributed by atoms with E-state index in [2.05, 4.69) is 29.6 Å². The van der Waals surface area contributed by atoms with Crippen LogP contribution in [0, 0.1) is 5.92 Å². The van der Waals surface area contributed by atoms with E-state index in [-0.39, 0.29) is 37.4 Å². The molecule has 174 valence electrons. The molecule has 1 heterocycles. The van der Waals surface area contributed by atoms with Gasteiger partial charge in [0.25, 0.3) is 0 Å². The first-order chi connectivity index (χ1) is 16.0. The monoisotopic (exact) mass is 450 g/mol. The number of carboxylic acid groups (broad SMARTS) is 1. The second kappa shape index (κ2) is 10.1. The number of hydrogen-bond donors (Lipinski definition) is 2. The van der Waals surface area contributed by atoms with Crippen molar-refractivity contribution in [1.82, 2.24) is 10.2 Å². The molecular weight excluding hydrogens is 420 g/mol. The zero-order chi connectivity index (χ0) is 23.4. The Morgan fingerprint density at radius 2 is 1.70 bits per heavy atom. The van der Waals surface area contributed by atoms with Gasteiger partial charge in [0.1, 0.15) is 6.61 Å². The molecule has 2 unspecified atom stereocenters. The number of amides is 2. The van der Waals surface area contributed by atoms with Crippen molar-refractivity contribution in [2.45, 2.75) is 44.6 Å². The van der Waals surface area contributed by atoms with Crippen molar-refractivity contribution in [3.8, 4) is 11.1 Å². The summed E-state index contributed by atoms with van der Waals surface area (Å²) in [4.78, 5) is 38.1. The first-order valence-electron chi connectivity index (χ1n) is 11.6. The van der Waals surface area contributed by atoms with Crippen molar-refractivity contribution in [2.24, 2.45) is 5.92 Å². The highest BCUT2D eigenvalue weighted by molar-refractivity contribution is 5.81. The molecule has 7 heteroatoms. The van der Waals surface area contributed by atoms with Gasteiger partial charge in [0, 0.05) is 25.0 Å². The van der Waals surface area contributed by atoms with Crippen LogP contribution in [0.15, 0.2) is 48.5 Å². The van der Waals surface area contributed by atoms with E-state index in [0.717, 1.165) is 24.0 Å². The fourth-order valence-electron chi connectivity index (χ4n) is 4.96. The zero-order valence-electron chi connectivity index (χ0n) is 18.8. The number of piperidine rings is 1. The van der Waals surface area contributed by atoms with Gasteiger partial charge in [-0.1, -0.05) is 55.5 Å². The lowest BCUT2D eigenvalue weighted by Crippen LogP contribution is -2.48. The van der Waals surface area contributed by atoms with Crippen LogP contribution in [0.5, 0.6) is 0 Å². The SMILES string of the molecule is CC(CNC(=O)OCC1c2ccccc2-c2ccccc21)C(=O)N1CCCCC1CC(=O)O. The lowest BCUT2D eigenvalue weighted by Gasteiger charge is -2.36. The number of hydrogen-bond acceptors (Lipinski definition) is 4. The van der Waals surface area contributed by atoms with E-state index >= 15 is 0 Å². The van der Waals surface area contributed by atoms with E-state index in [1.165, 1.54) is 11.1 Å². The summed E-state index contributed by atoms with van der Waals surface area (Å²) < 4.78 is 5.54. The number of aliphatic carboxylic acids is 1. The van der Waals surface area contributed by atoms with Gasteiger partial charge < -0.3 is 20.1 Å². The van der Waals surface area contributed by atoms with Crippen molar-refractivity contribution in [2.75, 3.05) is 19.7 Å². The molecule has 2 aromatic rings. The minimum atomic E-state index is -0.899. The van der Waals surface area contributed by atoms with Gasteiger partial charge in [-0.05, 0) is 41.5 Å². The highest BCUT2D eigenvalue weighted by Crippen LogP contribution is 2.44. The van der Waals surface area contributed by atoms with Gasteiger partial charge in [0.05, 0.1) is 12.3 Å². The third-order valence-corrected chi connectivity index (χ3v) is 6.64. The summed E-state index contributed by atoms with van der Waals surface area (Å²) in [6, 6.07) is 16.0. The summed E-state index contributed by atoms with van der Waals surface area (Å²) in [5.41, 5.74) is 4.62. The smallest absolute Gasteiger partial charge is 0.407 e. The third kappa shape index (κ3) is 5.02. The molecule has 1 saturated heterocycles. The molecule has 33 heavy (non-hydrogen) atoms. The number of likely N-dealkylation sites (tertiary alicyclic amines) is 1. The van der Waals surface area contributed by atoms with E-state index in [9.17, 15) is 14.4 Å². The summed E-state index contributed by atoms with van der Waals surface area (Å²) in [5.74, 6) is -1.50. The number of alkyl carbamates (subject to hydrolysis) is 1. The fraction of sp³-hybridized carbons (Fsp3) is 0.423. The Bertz CT molecular complexity index is 991. The second-order valence-electron chi connectivity index (χ2n) is 8.89. The van der Waals surface area contributed by atoms with Gasteiger partial charge in [-0.3, -0.25) is 9.59 Å². The second-order valence-corrected chi connectivity index (χ2v) is 8.89. The minimum absolute atomic E-state index is 0.0210. The molecule has 2 N–H and O–H groups in total. The molecule has 0 spiro atoms. The number of fused-ring (bicyclic) bond motifs is 3. The fourth-order valence-corrected chi connectivity index (χ4v) is 4.96. The predicted octanol–water partition coefficient (Wildman–Crippen LogP) is 4.02. The standard InChI is InChI=1S/C26H30N2O5/c1-17(25(31)28-13-7-6-8-18(28)14-24(29)30)15-27-26(32)33-16-23-21-11-4-2-9-19(21)20-10-3-5-12-22(20)23/h2-5,9-12,17-18,23H,6-8,13-16H2,1H3,(H,27,32)(H,29,30). The van der Waals surface area contributed by atoms with Gasteiger partial charge in [-0.15, -0.1) is 0 Å². The highest BCUT2D eigenvalue weighted by atomic mass is 16.5. The Balaban J connectivity index is 1.31. The maximum Gasteiger partial charge on any atom is 0.407 e. The number of carboxylic acids is 1. The molecule has 0 radical (unpaired) electrons. The number of rotatable bonds is 7. The van der Waals surface area contributed by atoms with Gasteiger partial charge in [0.2, 0.25) is 5.91 Å². The van der Waals surface area contributed by atoms with Crippen molar-refractivity contribution in [3.63, 3.8) is 0 Å². The van der Waals surface area contributed by atoms with Crippen LogP contribution in [-0.4, -0.2) is 53.7 Å². The third-order valence-electron chi connectivity index (χ3n) is 6.64. The molecule has 0 aromatic heterocycles. The molecule has 7 nitrogen and oxygen atoms in total. The van der Waals surface area contributed by atoms with Crippen LogP contribution < -0.4 is 5.32 Å². The number of benzene rings is 2. The number of carbonyl (C=O) groups excluding carboxylic acids is 2. The van der Waals surface area contributed by atoms with Gasteiger partial charge in [-0.2, -0.15) is 0 Å². The summed E-state index contributed by atoms with van der Waals surface area (Å²) in [6.45, 7) is 2.67. The average Bonchev–Trinajstić information content (AvgIpc) is 3.14. The maximum absolute atomic E-state index is 12.9. The van der Waals surface area contributed by atoms with Crippen molar-refractivity contribution in [1.29, 1.82) is 0 Å². The molecule has 2 aliphatic rings. The summed E-state index contributed by atoms with van der Waals surface area (Å²) in [6.07, 6.45) is 1.89. The lowest BCUT2D eigenvalue weighted by atomic mass is 9.97. The quantitative estimate of drug-likeness (QED) is 0.664. The number of ether oxygens (including phenoxy) is 1. The minimum Gasteiger partial charge on any atom is -0.481 e. The summed E-state index contributed by atoms with van der Waals surface area (Å²) >= 11 is 0. The van der Waals surface area contributed by atoms with Crippen molar-refractivity contribution in [3.05, 3.63) is 59.7 Å². The van der Waals surface area contributed by atoms with Crippen LogP contribution in [0.25, 0.3) is 11.1 Å². The largest absolute Gasteiger partial charge is 0.481 e. The van der Waals surface area contributed by atoms with Gasteiger partial charge in [0.15, 0.2) is 0 Å². The molecule has 4 rings (SSSR count). The van der Waals surface area contributed by atoms with Crippen LogP contribution in [-0.2, 0) is 14.3 Å². The molecular formula is C26H30N2O5. The highest BCUT2D eigenvalue weighted by Gasteiger charge is 2.32. The Morgan fingerprint density at radius 3 is 2.33 bits per heavy atom. The number of nitrogens with zero attached hydrogens (tertiary/aromatic N) is 1. The molecule has 2 amide bonds. The number of nitrogens with one attached hydrogen (secondary N) is 1. The van der Waals surface area contributed by atoms with Gasteiger partial charge >= 0.3 is 12.1 Å². The maximum atomic E-state index is 12.9. The van der Waals surface area contributed by atoms with E-state index in [0.29, 0.717) is 13.0 Å². The summed E-state index contributed by atoms with van der Waals surface area (Å²) in [7, 11) is 0. The van der Waals surface area contributed by atoms with Crippen LogP contribution in [0.4, 0.5) is 4.79 Å².